The third-order valence-corrected chi connectivity index (χ3v) is 3.25. The molecule has 0 spiro atoms. The predicted molar refractivity (Wildman–Crippen MR) is 95.5 cm³/mol. The molecule has 0 heterocycles. The first kappa shape index (κ1) is 17.7. The molecule has 0 radical (unpaired) electrons. The maximum Gasteiger partial charge on any atom is 0.331 e. The molecule has 4 heteroatoms. The van der Waals surface area contributed by atoms with Gasteiger partial charge in [-0.3, -0.25) is 4.99 Å². The van der Waals surface area contributed by atoms with Gasteiger partial charge in [0, 0.05) is 12.6 Å². The van der Waals surface area contributed by atoms with E-state index in [4.69, 9.17) is 4.74 Å². The second kappa shape index (κ2) is 7.77. The summed E-state index contributed by atoms with van der Waals surface area (Å²) in [4.78, 5) is 16.9. The van der Waals surface area contributed by atoms with Gasteiger partial charge in [0.15, 0.2) is 6.04 Å². The summed E-state index contributed by atoms with van der Waals surface area (Å²) in [7, 11) is 0. The van der Waals surface area contributed by atoms with Crippen LogP contribution in [0.2, 0.25) is 0 Å². The summed E-state index contributed by atoms with van der Waals surface area (Å²) >= 11 is 0. The number of esters is 1. The number of carbonyl (C=O) groups excluding carboxylic acids is 1. The molecule has 0 unspecified atom stereocenters. The molecule has 0 aliphatic heterocycles. The van der Waals surface area contributed by atoms with E-state index in [0.717, 1.165) is 11.1 Å². The number of hydrogen-bond donors (Lipinski definition) is 1. The van der Waals surface area contributed by atoms with Gasteiger partial charge in [0.25, 0.3) is 0 Å². The van der Waals surface area contributed by atoms with E-state index >= 15 is 0 Å². The Morgan fingerprint density at radius 3 is 2.33 bits per heavy atom. The second-order valence-electron chi connectivity index (χ2n) is 6.61. The number of hydrogen-bond acceptors (Lipinski definition) is 4. The van der Waals surface area contributed by atoms with Crippen LogP contribution in [0, 0.1) is 0 Å². The Morgan fingerprint density at radius 2 is 1.75 bits per heavy atom. The van der Waals surface area contributed by atoms with Gasteiger partial charge in [0.05, 0.1) is 0 Å². The van der Waals surface area contributed by atoms with Crippen molar-refractivity contribution in [1.29, 1.82) is 0 Å². The highest BCUT2D eigenvalue weighted by Gasteiger charge is 2.24. The lowest BCUT2D eigenvalue weighted by molar-refractivity contribution is -0.156. The van der Waals surface area contributed by atoms with Crippen LogP contribution < -0.4 is 0 Å². The van der Waals surface area contributed by atoms with E-state index in [-0.39, 0.29) is 11.7 Å². The number of ether oxygens (including phenoxy) is 1. The fourth-order valence-corrected chi connectivity index (χ4v) is 2.14. The zero-order chi connectivity index (χ0) is 17.6. The number of aliphatic imine (C=N–C) groups is 1. The number of phenols is 1. The van der Waals surface area contributed by atoms with Crippen molar-refractivity contribution < 1.29 is 14.6 Å². The maximum absolute atomic E-state index is 12.5. The van der Waals surface area contributed by atoms with Gasteiger partial charge in [-0.2, -0.15) is 0 Å². The van der Waals surface area contributed by atoms with E-state index in [2.05, 4.69) is 4.99 Å². The summed E-state index contributed by atoms with van der Waals surface area (Å²) in [6.07, 6.45) is 2.10. The zero-order valence-electron chi connectivity index (χ0n) is 14.3. The Balaban J connectivity index is 2.18. The Hall–Kier alpha value is -2.62. The lowest BCUT2D eigenvalue weighted by Crippen LogP contribution is -2.32. The van der Waals surface area contributed by atoms with E-state index in [1.54, 1.807) is 30.5 Å². The number of carbonyl (C=O) groups is 1. The molecule has 2 rings (SSSR count). The summed E-state index contributed by atoms with van der Waals surface area (Å²) in [6.45, 7) is 5.51. The van der Waals surface area contributed by atoms with E-state index < -0.39 is 11.6 Å². The van der Waals surface area contributed by atoms with Gasteiger partial charge in [0.1, 0.15) is 11.4 Å². The average Bonchev–Trinajstić information content (AvgIpc) is 2.52. The molecule has 0 aromatic heterocycles. The summed E-state index contributed by atoms with van der Waals surface area (Å²) < 4.78 is 5.48. The van der Waals surface area contributed by atoms with Crippen LogP contribution in [0.4, 0.5) is 0 Å². The minimum Gasteiger partial charge on any atom is -0.508 e. The van der Waals surface area contributed by atoms with Crippen molar-refractivity contribution in [3.63, 3.8) is 0 Å². The minimum atomic E-state index is -0.631. The smallest absolute Gasteiger partial charge is 0.331 e. The van der Waals surface area contributed by atoms with Gasteiger partial charge in [-0.1, -0.05) is 42.5 Å². The first-order valence-electron chi connectivity index (χ1n) is 7.92. The van der Waals surface area contributed by atoms with E-state index in [9.17, 15) is 9.90 Å². The average molecular weight is 325 g/mol. The van der Waals surface area contributed by atoms with Crippen LogP contribution in [0.5, 0.6) is 5.75 Å². The Morgan fingerprint density at radius 1 is 1.12 bits per heavy atom. The van der Waals surface area contributed by atoms with Crippen LogP contribution in [0.1, 0.15) is 31.9 Å². The predicted octanol–water partition coefficient (Wildman–Crippen LogP) is 3.76. The van der Waals surface area contributed by atoms with Gasteiger partial charge in [-0.05, 0) is 44.0 Å². The van der Waals surface area contributed by atoms with Crippen molar-refractivity contribution in [3.8, 4) is 5.75 Å². The lowest BCUT2D eigenvalue weighted by Gasteiger charge is -2.22. The summed E-state index contributed by atoms with van der Waals surface area (Å²) in [6, 6.07) is 15.8. The highest BCUT2D eigenvalue weighted by molar-refractivity contribution is 5.84. The zero-order valence-corrected chi connectivity index (χ0v) is 14.3. The molecule has 0 amide bonds. The molecule has 24 heavy (non-hydrogen) atoms. The van der Waals surface area contributed by atoms with Crippen LogP contribution in [0.3, 0.4) is 0 Å². The second-order valence-corrected chi connectivity index (χ2v) is 6.61. The molecule has 0 aliphatic rings. The molecule has 1 atom stereocenters. The molecule has 0 saturated heterocycles. The van der Waals surface area contributed by atoms with E-state index in [1.807, 2.05) is 51.1 Å². The molecular formula is C20H23NO3. The maximum atomic E-state index is 12.5. The molecule has 126 valence electrons. The van der Waals surface area contributed by atoms with Gasteiger partial charge >= 0.3 is 5.97 Å². The fraction of sp³-hybridized carbons (Fsp3) is 0.300. The standard InChI is InChI=1S/C20H23NO3/c1-20(2,3)24-19(23)18(13-15-9-11-17(22)12-10-15)21-14-16-7-5-4-6-8-16/h4-12,14,18,22H,13H2,1-3H3/t18-/m0/s1. The molecule has 2 aromatic carbocycles. The van der Waals surface area contributed by atoms with Crippen molar-refractivity contribution in [1.82, 2.24) is 0 Å². The number of nitrogens with zero attached hydrogens (tertiary/aromatic N) is 1. The Labute approximate surface area is 142 Å². The van der Waals surface area contributed by atoms with Crippen LogP contribution in [-0.4, -0.2) is 28.9 Å². The highest BCUT2D eigenvalue weighted by atomic mass is 16.6. The summed E-state index contributed by atoms with van der Waals surface area (Å²) in [5.41, 5.74) is 1.28. The quantitative estimate of drug-likeness (QED) is 0.672. The normalized spacial score (nSPS) is 13.0. The number of phenolic OH excluding ortho intramolecular Hbond substituents is 1. The first-order chi connectivity index (χ1) is 11.3. The van der Waals surface area contributed by atoms with Crippen LogP contribution >= 0.6 is 0 Å². The van der Waals surface area contributed by atoms with Crippen molar-refractivity contribution in [3.05, 3.63) is 65.7 Å². The topological polar surface area (TPSA) is 58.9 Å². The van der Waals surface area contributed by atoms with Gasteiger partial charge in [0.2, 0.25) is 0 Å². The minimum absolute atomic E-state index is 0.195. The Kier molecular flexibility index (Phi) is 5.74. The highest BCUT2D eigenvalue weighted by Crippen LogP contribution is 2.16. The van der Waals surface area contributed by atoms with Crippen LogP contribution in [0.15, 0.2) is 59.6 Å². The molecule has 2 aromatic rings. The molecular weight excluding hydrogens is 302 g/mol. The molecule has 0 saturated carbocycles. The van der Waals surface area contributed by atoms with Gasteiger partial charge < -0.3 is 9.84 Å². The molecule has 1 N–H and O–H groups in total. The van der Waals surface area contributed by atoms with Crippen LogP contribution in [0.25, 0.3) is 0 Å². The number of aromatic hydroxyl groups is 1. The summed E-state index contributed by atoms with van der Waals surface area (Å²) in [5, 5.41) is 9.38. The fourth-order valence-electron chi connectivity index (χ4n) is 2.14. The monoisotopic (exact) mass is 325 g/mol. The third-order valence-electron chi connectivity index (χ3n) is 3.25. The summed E-state index contributed by atoms with van der Waals surface area (Å²) in [5.74, 6) is -0.164. The van der Waals surface area contributed by atoms with Crippen molar-refractivity contribution in [2.24, 2.45) is 4.99 Å². The number of rotatable bonds is 5. The molecule has 4 nitrogen and oxygen atoms in total. The third kappa shape index (κ3) is 5.88. The molecule has 0 fully saturated rings. The SMILES string of the molecule is CC(C)(C)OC(=O)[C@H](Cc1ccc(O)cc1)N=Cc1ccccc1. The molecule has 0 aliphatic carbocycles. The van der Waals surface area contributed by atoms with Crippen molar-refractivity contribution >= 4 is 12.2 Å². The molecule has 0 bridgehead atoms. The van der Waals surface area contributed by atoms with Gasteiger partial charge in [-0.15, -0.1) is 0 Å². The van der Waals surface area contributed by atoms with Crippen LogP contribution in [-0.2, 0) is 16.0 Å². The first-order valence-corrected chi connectivity index (χ1v) is 7.92. The lowest BCUT2D eigenvalue weighted by atomic mass is 10.1. The number of benzene rings is 2. The van der Waals surface area contributed by atoms with Crippen molar-refractivity contribution in [2.75, 3.05) is 0 Å². The Bertz CT molecular complexity index is 685. The van der Waals surface area contributed by atoms with Crippen molar-refractivity contribution in [2.45, 2.75) is 38.8 Å². The van der Waals surface area contributed by atoms with Gasteiger partial charge in [-0.25, -0.2) is 4.79 Å². The van der Waals surface area contributed by atoms with E-state index in [0.29, 0.717) is 6.42 Å². The van der Waals surface area contributed by atoms with E-state index in [1.165, 1.54) is 0 Å². The largest absolute Gasteiger partial charge is 0.508 e.